The number of aliphatic carboxylic acids is 1. The smallest absolute Gasteiger partial charge is 0.303 e. The fourth-order valence-electron chi connectivity index (χ4n) is 1.30. The molecule has 94 valence electrons. The highest BCUT2D eigenvalue weighted by atomic mass is 32.1. The zero-order chi connectivity index (χ0) is 12.8. The maximum Gasteiger partial charge on any atom is 0.303 e. The van der Waals surface area contributed by atoms with Crippen LogP contribution in [0.3, 0.4) is 0 Å². The molecule has 5 nitrogen and oxygen atoms in total. The van der Waals surface area contributed by atoms with E-state index in [2.05, 4.69) is 0 Å². The van der Waals surface area contributed by atoms with Crippen LogP contribution in [-0.4, -0.2) is 42.6 Å². The quantitative estimate of drug-likeness (QED) is 0.842. The molecule has 0 radical (unpaired) electrons. The van der Waals surface area contributed by atoms with E-state index in [0.29, 0.717) is 23.6 Å². The zero-order valence-corrected chi connectivity index (χ0v) is 10.6. The van der Waals surface area contributed by atoms with Gasteiger partial charge in [0.25, 0.3) is 5.91 Å². The minimum Gasteiger partial charge on any atom is -0.496 e. The molecule has 1 rings (SSSR count). The molecule has 0 atom stereocenters. The van der Waals surface area contributed by atoms with E-state index in [1.807, 2.05) is 0 Å². The second-order valence-corrected chi connectivity index (χ2v) is 4.49. The number of methoxy groups -OCH3 is 1. The molecule has 0 bridgehead atoms. The third kappa shape index (κ3) is 4.07. The van der Waals surface area contributed by atoms with Gasteiger partial charge < -0.3 is 14.7 Å². The van der Waals surface area contributed by atoms with Gasteiger partial charge in [0.15, 0.2) is 0 Å². The minimum atomic E-state index is -0.844. The van der Waals surface area contributed by atoms with Crippen LogP contribution in [0.25, 0.3) is 0 Å². The third-order valence-corrected chi connectivity index (χ3v) is 3.15. The van der Waals surface area contributed by atoms with Crippen LogP contribution in [0.4, 0.5) is 0 Å². The summed E-state index contributed by atoms with van der Waals surface area (Å²) < 4.78 is 5.00. The van der Waals surface area contributed by atoms with Crippen LogP contribution in [0.2, 0.25) is 0 Å². The first-order chi connectivity index (χ1) is 8.04. The van der Waals surface area contributed by atoms with Gasteiger partial charge in [0.1, 0.15) is 5.75 Å². The maximum absolute atomic E-state index is 11.9. The predicted octanol–water partition coefficient (Wildman–Crippen LogP) is 1.69. The number of amides is 1. The molecule has 0 unspecified atom stereocenters. The Morgan fingerprint density at radius 3 is 2.76 bits per heavy atom. The van der Waals surface area contributed by atoms with E-state index in [1.165, 1.54) is 16.2 Å². The molecular weight excluding hydrogens is 242 g/mol. The Morgan fingerprint density at radius 1 is 1.53 bits per heavy atom. The van der Waals surface area contributed by atoms with Gasteiger partial charge in [0.05, 0.1) is 12.0 Å². The molecule has 0 aliphatic carbocycles. The van der Waals surface area contributed by atoms with Crippen molar-refractivity contribution in [1.82, 2.24) is 4.90 Å². The van der Waals surface area contributed by atoms with Gasteiger partial charge in [-0.25, -0.2) is 0 Å². The van der Waals surface area contributed by atoms with Crippen LogP contribution in [0, 0.1) is 0 Å². The Hall–Kier alpha value is -1.56. The van der Waals surface area contributed by atoms with Gasteiger partial charge in [-0.2, -0.15) is 0 Å². The molecule has 6 heteroatoms. The normalized spacial score (nSPS) is 10.0. The van der Waals surface area contributed by atoms with Crippen molar-refractivity contribution in [3.8, 4) is 5.75 Å². The summed E-state index contributed by atoms with van der Waals surface area (Å²) in [7, 11) is 3.21. The summed E-state index contributed by atoms with van der Waals surface area (Å²) in [6, 6.07) is 1.68. The molecule has 1 amide bonds. The summed E-state index contributed by atoms with van der Waals surface area (Å²) in [6.45, 7) is 0.436. The summed E-state index contributed by atoms with van der Waals surface area (Å²) in [5.74, 6) is -0.287. The number of nitrogens with zero attached hydrogens (tertiary/aromatic N) is 1. The molecule has 1 aromatic heterocycles. The minimum absolute atomic E-state index is 0.0748. The lowest BCUT2D eigenvalue weighted by molar-refractivity contribution is -0.137. The molecule has 0 saturated heterocycles. The highest BCUT2D eigenvalue weighted by Gasteiger charge is 2.14. The SMILES string of the molecule is COc1csc(C(=O)N(C)CCCC(=O)O)c1. The lowest BCUT2D eigenvalue weighted by atomic mass is 10.3. The second-order valence-electron chi connectivity index (χ2n) is 3.57. The van der Waals surface area contributed by atoms with Gasteiger partial charge in [-0.3, -0.25) is 9.59 Å². The zero-order valence-electron chi connectivity index (χ0n) is 9.80. The number of carboxylic acids is 1. The predicted molar refractivity (Wildman–Crippen MR) is 64.7 cm³/mol. The van der Waals surface area contributed by atoms with Crippen molar-refractivity contribution in [3.05, 3.63) is 16.3 Å². The first-order valence-corrected chi connectivity index (χ1v) is 6.02. The van der Waals surface area contributed by atoms with E-state index >= 15 is 0 Å². The van der Waals surface area contributed by atoms with Crippen LogP contribution < -0.4 is 4.74 Å². The van der Waals surface area contributed by atoms with Crippen molar-refractivity contribution < 1.29 is 19.4 Å². The fourth-order valence-corrected chi connectivity index (χ4v) is 2.14. The standard InChI is InChI=1S/C11H15NO4S/c1-12(5-3-4-10(13)14)11(15)9-6-8(16-2)7-17-9/h6-7H,3-5H2,1-2H3,(H,13,14). The number of carbonyl (C=O) groups excluding carboxylic acids is 1. The van der Waals surface area contributed by atoms with E-state index in [0.717, 1.165) is 0 Å². The van der Waals surface area contributed by atoms with Crippen LogP contribution >= 0.6 is 11.3 Å². The Bertz CT molecular complexity index is 402. The summed E-state index contributed by atoms with van der Waals surface area (Å²) in [5, 5.41) is 10.3. The topological polar surface area (TPSA) is 66.8 Å². The van der Waals surface area contributed by atoms with Gasteiger partial charge >= 0.3 is 5.97 Å². The van der Waals surface area contributed by atoms with E-state index in [1.54, 1.807) is 25.6 Å². The number of thiophene rings is 1. The van der Waals surface area contributed by atoms with Crippen molar-refractivity contribution in [1.29, 1.82) is 0 Å². The van der Waals surface area contributed by atoms with E-state index in [9.17, 15) is 9.59 Å². The van der Waals surface area contributed by atoms with E-state index in [4.69, 9.17) is 9.84 Å². The first kappa shape index (κ1) is 13.5. The summed E-state index contributed by atoms with van der Waals surface area (Å²) >= 11 is 1.32. The number of hydrogen-bond donors (Lipinski definition) is 1. The monoisotopic (exact) mass is 257 g/mol. The molecule has 0 aromatic carbocycles. The van der Waals surface area contributed by atoms with Crippen molar-refractivity contribution in [3.63, 3.8) is 0 Å². The Labute approximate surface area is 104 Å². The average Bonchev–Trinajstić information content (AvgIpc) is 2.75. The van der Waals surface area contributed by atoms with E-state index < -0.39 is 5.97 Å². The molecule has 0 fully saturated rings. The molecular formula is C11H15NO4S. The van der Waals surface area contributed by atoms with Crippen LogP contribution in [0.5, 0.6) is 5.75 Å². The number of carboxylic acid groups (broad SMARTS) is 1. The molecule has 0 spiro atoms. The molecule has 0 saturated carbocycles. The third-order valence-electron chi connectivity index (χ3n) is 2.25. The summed E-state index contributed by atoms with van der Waals surface area (Å²) in [4.78, 5) is 24.3. The molecule has 1 aromatic rings. The number of hydrogen-bond acceptors (Lipinski definition) is 4. The van der Waals surface area contributed by atoms with E-state index in [-0.39, 0.29) is 12.3 Å². The molecule has 1 heterocycles. The van der Waals surface area contributed by atoms with Gasteiger partial charge in [-0.05, 0) is 6.42 Å². The number of rotatable bonds is 6. The second kappa shape index (κ2) is 6.24. The highest BCUT2D eigenvalue weighted by molar-refractivity contribution is 7.12. The molecule has 17 heavy (non-hydrogen) atoms. The molecule has 1 N–H and O–H groups in total. The maximum atomic E-state index is 11.9. The Morgan fingerprint density at radius 2 is 2.24 bits per heavy atom. The molecule has 0 aliphatic rings. The fraction of sp³-hybridized carbons (Fsp3) is 0.455. The van der Waals surface area contributed by atoms with Crippen molar-refractivity contribution in [2.45, 2.75) is 12.8 Å². The number of ether oxygens (including phenoxy) is 1. The summed E-state index contributed by atoms with van der Waals surface area (Å²) in [5.41, 5.74) is 0. The van der Waals surface area contributed by atoms with Gasteiger partial charge in [0.2, 0.25) is 0 Å². The molecule has 0 aliphatic heterocycles. The van der Waals surface area contributed by atoms with Gasteiger partial charge in [-0.1, -0.05) is 0 Å². The Balaban J connectivity index is 2.48. The lowest BCUT2D eigenvalue weighted by Crippen LogP contribution is -2.27. The lowest BCUT2D eigenvalue weighted by Gasteiger charge is -2.15. The number of carbonyl (C=O) groups is 2. The highest BCUT2D eigenvalue weighted by Crippen LogP contribution is 2.22. The van der Waals surface area contributed by atoms with Gasteiger partial charge in [0, 0.05) is 31.5 Å². The van der Waals surface area contributed by atoms with Crippen molar-refractivity contribution in [2.75, 3.05) is 20.7 Å². The largest absolute Gasteiger partial charge is 0.496 e. The summed E-state index contributed by atoms with van der Waals surface area (Å²) in [6.07, 6.45) is 0.533. The van der Waals surface area contributed by atoms with Crippen LogP contribution in [0.1, 0.15) is 22.5 Å². The average molecular weight is 257 g/mol. The van der Waals surface area contributed by atoms with Crippen LogP contribution in [-0.2, 0) is 4.79 Å². The van der Waals surface area contributed by atoms with Crippen LogP contribution in [0.15, 0.2) is 11.4 Å². The van der Waals surface area contributed by atoms with Crippen molar-refractivity contribution in [2.24, 2.45) is 0 Å². The van der Waals surface area contributed by atoms with Crippen molar-refractivity contribution >= 4 is 23.2 Å². The van der Waals surface area contributed by atoms with Gasteiger partial charge in [-0.15, -0.1) is 11.3 Å². The first-order valence-electron chi connectivity index (χ1n) is 5.14. The Kier molecular flexibility index (Phi) is 4.96.